The van der Waals surface area contributed by atoms with Crippen molar-refractivity contribution in [3.8, 4) is 11.4 Å². The number of nitrogens with zero attached hydrogens (tertiary/aromatic N) is 2. The zero-order valence-corrected chi connectivity index (χ0v) is 15.1. The highest BCUT2D eigenvalue weighted by molar-refractivity contribution is 6.14. The number of nitrogens with one attached hydrogen (secondary N) is 1. The number of aryl methyl sites for hydroxylation is 1. The third-order valence-corrected chi connectivity index (χ3v) is 4.36. The Morgan fingerprint density at radius 1 is 1.23 bits per heavy atom. The second kappa shape index (κ2) is 6.92. The first-order valence-corrected chi connectivity index (χ1v) is 8.25. The zero-order valence-electron chi connectivity index (χ0n) is 15.1. The number of benzene rings is 1. The van der Waals surface area contributed by atoms with Crippen molar-refractivity contribution in [2.75, 3.05) is 13.7 Å². The molecule has 26 heavy (non-hydrogen) atoms. The molecule has 6 heteroatoms. The van der Waals surface area contributed by atoms with Crippen molar-refractivity contribution in [2.45, 2.75) is 13.8 Å². The van der Waals surface area contributed by atoms with Gasteiger partial charge in [-0.15, -0.1) is 6.58 Å². The molecular formula is C20H21N3O3. The number of carbonyl (C=O) groups excluding carboxylic acids is 2. The summed E-state index contributed by atoms with van der Waals surface area (Å²) in [5, 5.41) is 2.62. The molecule has 0 spiro atoms. The molecule has 1 aromatic carbocycles. The van der Waals surface area contributed by atoms with Gasteiger partial charge in [-0.1, -0.05) is 12.1 Å². The van der Waals surface area contributed by atoms with E-state index in [1.807, 2.05) is 44.2 Å². The van der Waals surface area contributed by atoms with E-state index in [1.165, 1.54) is 6.08 Å². The van der Waals surface area contributed by atoms with Crippen LogP contribution in [0.5, 0.6) is 5.75 Å². The zero-order chi connectivity index (χ0) is 18.8. The predicted octanol–water partition coefficient (Wildman–Crippen LogP) is 3.18. The monoisotopic (exact) mass is 351 g/mol. The van der Waals surface area contributed by atoms with Crippen LogP contribution in [0.15, 0.2) is 48.7 Å². The summed E-state index contributed by atoms with van der Waals surface area (Å²) in [4.78, 5) is 25.4. The topological polar surface area (TPSA) is 63.6 Å². The second-order valence-electron chi connectivity index (χ2n) is 6.06. The van der Waals surface area contributed by atoms with Crippen molar-refractivity contribution in [3.63, 3.8) is 0 Å². The number of ether oxygens (including phenoxy) is 1. The normalized spacial score (nSPS) is 15.5. The fraction of sp³-hybridized carbons (Fsp3) is 0.200. The largest absolute Gasteiger partial charge is 0.497 e. The van der Waals surface area contributed by atoms with Crippen molar-refractivity contribution < 1.29 is 14.3 Å². The number of hydrogen-bond acceptors (Lipinski definition) is 3. The molecule has 0 unspecified atom stereocenters. The molecule has 134 valence electrons. The Morgan fingerprint density at radius 3 is 2.69 bits per heavy atom. The van der Waals surface area contributed by atoms with Crippen LogP contribution in [0.1, 0.15) is 17.0 Å². The Bertz CT molecular complexity index is 924. The van der Waals surface area contributed by atoms with E-state index in [1.54, 1.807) is 13.2 Å². The SMILES string of the molecule is C=CCN1C(=O)N/C(=C\c2cc(C)n(-c3cccc(OC)c3)c2C)C1=O. The Hall–Kier alpha value is -3.28. The summed E-state index contributed by atoms with van der Waals surface area (Å²) in [6, 6.07) is 9.32. The van der Waals surface area contributed by atoms with E-state index in [0.717, 1.165) is 33.3 Å². The van der Waals surface area contributed by atoms with Crippen molar-refractivity contribution >= 4 is 18.0 Å². The van der Waals surface area contributed by atoms with Gasteiger partial charge >= 0.3 is 6.03 Å². The van der Waals surface area contributed by atoms with Crippen LogP contribution in [0.25, 0.3) is 11.8 Å². The Balaban J connectivity index is 2.00. The molecule has 0 aliphatic carbocycles. The van der Waals surface area contributed by atoms with Gasteiger partial charge < -0.3 is 14.6 Å². The first-order chi connectivity index (χ1) is 12.5. The number of hydrogen-bond donors (Lipinski definition) is 1. The summed E-state index contributed by atoms with van der Waals surface area (Å²) >= 11 is 0. The van der Waals surface area contributed by atoms with Crippen molar-refractivity contribution in [1.82, 2.24) is 14.8 Å². The molecule has 1 aliphatic rings. The molecule has 2 heterocycles. The van der Waals surface area contributed by atoms with Gasteiger partial charge in [0.05, 0.1) is 7.11 Å². The molecule has 1 saturated heterocycles. The van der Waals surface area contributed by atoms with E-state index in [0.29, 0.717) is 0 Å². The fourth-order valence-corrected chi connectivity index (χ4v) is 3.10. The van der Waals surface area contributed by atoms with Gasteiger partial charge in [0.15, 0.2) is 0 Å². The number of carbonyl (C=O) groups is 2. The lowest BCUT2D eigenvalue weighted by atomic mass is 10.2. The summed E-state index contributed by atoms with van der Waals surface area (Å²) < 4.78 is 7.38. The number of aromatic nitrogens is 1. The van der Waals surface area contributed by atoms with Crippen LogP contribution >= 0.6 is 0 Å². The Morgan fingerprint density at radius 2 is 2.00 bits per heavy atom. The first-order valence-electron chi connectivity index (χ1n) is 8.25. The van der Waals surface area contributed by atoms with E-state index in [4.69, 9.17) is 4.74 Å². The molecule has 6 nitrogen and oxygen atoms in total. The van der Waals surface area contributed by atoms with Gasteiger partial charge in [-0.25, -0.2) is 4.79 Å². The standard InChI is InChI=1S/C20H21N3O3/c1-5-9-22-19(24)18(21-20(22)25)11-15-10-13(2)23(14(15)3)16-7-6-8-17(12-16)26-4/h5-8,10-12H,1,9H2,2-4H3,(H,21,25)/b18-11-. The van der Waals surface area contributed by atoms with Crippen molar-refractivity contribution in [1.29, 1.82) is 0 Å². The molecule has 0 atom stereocenters. The number of rotatable bonds is 5. The number of amides is 3. The minimum Gasteiger partial charge on any atom is -0.497 e. The summed E-state index contributed by atoms with van der Waals surface area (Å²) in [7, 11) is 1.63. The maximum atomic E-state index is 12.4. The highest BCUT2D eigenvalue weighted by Gasteiger charge is 2.32. The molecule has 1 N–H and O–H groups in total. The molecule has 3 rings (SSSR count). The Labute approximate surface area is 152 Å². The van der Waals surface area contributed by atoms with Crippen LogP contribution in [0.3, 0.4) is 0 Å². The van der Waals surface area contributed by atoms with E-state index < -0.39 is 6.03 Å². The highest BCUT2D eigenvalue weighted by atomic mass is 16.5. The number of urea groups is 1. The lowest BCUT2D eigenvalue weighted by Crippen LogP contribution is -2.30. The van der Waals surface area contributed by atoms with Gasteiger partial charge in [0.1, 0.15) is 11.4 Å². The van der Waals surface area contributed by atoms with Crippen LogP contribution in [-0.4, -0.2) is 35.1 Å². The first kappa shape index (κ1) is 17.5. The maximum absolute atomic E-state index is 12.4. The van der Waals surface area contributed by atoms with Crippen LogP contribution in [0.2, 0.25) is 0 Å². The molecule has 0 saturated carbocycles. The van der Waals surface area contributed by atoms with Crippen molar-refractivity contribution in [3.05, 3.63) is 65.6 Å². The summed E-state index contributed by atoms with van der Waals surface area (Å²) in [5.41, 5.74) is 4.09. The summed E-state index contributed by atoms with van der Waals surface area (Å²) in [5.74, 6) is 0.425. The number of imide groups is 1. The van der Waals surface area contributed by atoms with Gasteiger partial charge in [0.2, 0.25) is 0 Å². The molecule has 2 aromatic rings. The summed E-state index contributed by atoms with van der Waals surface area (Å²) in [6.45, 7) is 7.72. The van der Waals surface area contributed by atoms with Crippen LogP contribution in [0, 0.1) is 13.8 Å². The average molecular weight is 351 g/mol. The summed E-state index contributed by atoms with van der Waals surface area (Å²) in [6.07, 6.45) is 3.23. The van der Waals surface area contributed by atoms with E-state index in [9.17, 15) is 9.59 Å². The molecule has 0 bridgehead atoms. The molecule has 0 radical (unpaired) electrons. The van der Waals surface area contributed by atoms with Crippen LogP contribution < -0.4 is 10.1 Å². The van der Waals surface area contributed by atoms with E-state index in [2.05, 4.69) is 16.5 Å². The third kappa shape index (κ3) is 3.01. The lowest BCUT2D eigenvalue weighted by molar-refractivity contribution is -0.122. The van der Waals surface area contributed by atoms with Crippen LogP contribution in [-0.2, 0) is 4.79 Å². The molecule has 1 aromatic heterocycles. The molecule has 1 fully saturated rings. The smallest absolute Gasteiger partial charge is 0.329 e. The molecule has 1 aliphatic heterocycles. The van der Waals surface area contributed by atoms with Gasteiger partial charge in [-0.2, -0.15) is 0 Å². The maximum Gasteiger partial charge on any atom is 0.329 e. The van der Waals surface area contributed by atoms with Gasteiger partial charge in [0.25, 0.3) is 5.91 Å². The quantitative estimate of drug-likeness (QED) is 0.511. The minimum absolute atomic E-state index is 0.185. The predicted molar refractivity (Wildman–Crippen MR) is 100 cm³/mol. The van der Waals surface area contributed by atoms with Gasteiger partial charge in [-0.3, -0.25) is 9.69 Å². The number of methoxy groups -OCH3 is 1. The molecular weight excluding hydrogens is 330 g/mol. The van der Waals surface area contributed by atoms with E-state index >= 15 is 0 Å². The third-order valence-electron chi connectivity index (χ3n) is 4.36. The van der Waals surface area contributed by atoms with E-state index in [-0.39, 0.29) is 18.1 Å². The average Bonchev–Trinajstić information content (AvgIpc) is 3.05. The van der Waals surface area contributed by atoms with Crippen LogP contribution in [0.4, 0.5) is 4.79 Å². The lowest BCUT2D eigenvalue weighted by Gasteiger charge is -2.11. The minimum atomic E-state index is -0.428. The fourth-order valence-electron chi connectivity index (χ4n) is 3.10. The highest BCUT2D eigenvalue weighted by Crippen LogP contribution is 2.25. The second-order valence-corrected chi connectivity index (χ2v) is 6.06. The van der Waals surface area contributed by atoms with Gasteiger partial charge in [-0.05, 0) is 43.7 Å². The van der Waals surface area contributed by atoms with Gasteiger partial charge in [0, 0.05) is 29.7 Å². The van der Waals surface area contributed by atoms with Crippen molar-refractivity contribution in [2.24, 2.45) is 0 Å². The Kier molecular flexibility index (Phi) is 4.67. The molecule has 3 amide bonds.